The van der Waals surface area contributed by atoms with E-state index in [4.69, 9.17) is 0 Å². The van der Waals surface area contributed by atoms with E-state index in [0.717, 1.165) is 40.3 Å². The number of amides is 2. The van der Waals surface area contributed by atoms with E-state index in [0.29, 0.717) is 30.0 Å². The maximum atomic E-state index is 13.8. The van der Waals surface area contributed by atoms with E-state index in [1.165, 1.54) is 0 Å². The van der Waals surface area contributed by atoms with E-state index < -0.39 is 22.5 Å². The molecule has 1 saturated heterocycles. The van der Waals surface area contributed by atoms with Gasteiger partial charge in [-0.25, -0.2) is 8.42 Å². The summed E-state index contributed by atoms with van der Waals surface area (Å²) >= 11 is 0. The molecular formula is C29H33N3O4S. The van der Waals surface area contributed by atoms with Gasteiger partial charge in [0.25, 0.3) is 15.9 Å². The fourth-order valence-corrected chi connectivity index (χ4v) is 5.99. The van der Waals surface area contributed by atoms with Crippen LogP contribution in [0.4, 0.5) is 11.4 Å². The van der Waals surface area contributed by atoms with Crippen LogP contribution in [-0.2, 0) is 14.8 Å². The van der Waals surface area contributed by atoms with Crippen LogP contribution in [0.5, 0.6) is 0 Å². The molecule has 37 heavy (non-hydrogen) atoms. The number of sulfonamides is 1. The summed E-state index contributed by atoms with van der Waals surface area (Å²) in [4.78, 5) is 28.4. The Morgan fingerprint density at radius 1 is 0.865 bits per heavy atom. The Balaban J connectivity index is 1.65. The number of hydrogen-bond donors (Lipinski definition) is 1. The van der Waals surface area contributed by atoms with Crippen LogP contribution in [0.25, 0.3) is 0 Å². The zero-order chi connectivity index (χ0) is 26.6. The van der Waals surface area contributed by atoms with E-state index in [1.54, 1.807) is 65.6 Å². The lowest BCUT2D eigenvalue weighted by atomic mass is 10.1. The Morgan fingerprint density at radius 3 is 2.24 bits per heavy atom. The Hall–Kier alpha value is -3.65. The third kappa shape index (κ3) is 5.85. The highest BCUT2D eigenvalue weighted by molar-refractivity contribution is 7.92. The van der Waals surface area contributed by atoms with E-state index in [2.05, 4.69) is 5.32 Å². The first kappa shape index (κ1) is 26.4. The maximum Gasteiger partial charge on any atom is 0.264 e. The lowest BCUT2D eigenvalue weighted by molar-refractivity contribution is -0.114. The first-order valence-electron chi connectivity index (χ1n) is 12.5. The summed E-state index contributed by atoms with van der Waals surface area (Å²) in [5.74, 6) is -0.662. The highest BCUT2D eigenvalue weighted by Crippen LogP contribution is 2.29. The van der Waals surface area contributed by atoms with Crippen molar-refractivity contribution in [1.82, 2.24) is 4.90 Å². The van der Waals surface area contributed by atoms with E-state index in [-0.39, 0.29) is 10.8 Å². The number of rotatable bonds is 7. The summed E-state index contributed by atoms with van der Waals surface area (Å²) in [5, 5.41) is 2.80. The Bertz CT molecular complexity index is 1390. The molecule has 1 aliphatic rings. The first-order chi connectivity index (χ1) is 17.7. The first-order valence-corrected chi connectivity index (χ1v) is 14.0. The van der Waals surface area contributed by atoms with Gasteiger partial charge in [0.15, 0.2) is 0 Å². The zero-order valence-electron chi connectivity index (χ0n) is 21.5. The van der Waals surface area contributed by atoms with Crippen LogP contribution in [-0.4, -0.2) is 44.8 Å². The van der Waals surface area contributed by atoms with Crippen LogP contribution in [0.1, 0.15) is 46.3 Å². The van der Waals surface area contributed by atoms with Crippen LogP contribution in [0.15, 0.2) is 71.6 Å². The van der Waals surface area contributed by atoms with Crippen LogP contribution in [0.2, 0.25) is 0 Å². The van der Waals surface area contributed by atoms with Crippen LogP contribution in [0.3, 0.4) is 0 Å². The molecule has 0 aromatic heterocycles. The molecule has 0 spiro atoms. The average Bonchev–Trinajstić information content (AvgIpc) is 2.90. The van der Waals surface area contributed by atoms with Crippen molar-refractivity contribution >= 4 is 33.2 Å². The molecule has 0 atom stereocenters. The van der Waals surface area contributed by atoms with Gasteiger partial charge in [0.05, 0.1) is 21.8 Å². The standard InChI is InChI=1S/C29H33N3O4S/c1-21-14-16-24(17-15-21)37(35,36)32(27-13-9-10-22(2)23(27)3)20-28(33)30-26-12-6-5-11-25(26)29(34)31-18-7-4-8-19-31/h5-6,9-17H,4,7-8,18-20H2,1-3H3,(H,30,33). The second-order valence-electron chi connectivity index (χ2n) is 9.49. The summed E-state index contributed by atoms with van der Waals surface area (Å²) in [6.45, 7) is 6.57. The summed E-state index contributed by atoms with van der Waals surface area (Å²) in [5.41, 5.74) is 3.83. The molecule has 1 heterocycles. The summed E-state index contributed by atoms with van der Waals surface area (Å²) in [6.07, 6.45) is 3.02. The Kier molecular flexibility index (Phi) is 7.97. The van der Waals surface area contributed by atoms with Gasteiger partial charge in [-0.15, -0.1) is 0 Å². The number of anilines is 2. The van der Waals surface area contributed by atoms with Crippen LogP contribution < -0.4 is 9.62 Å². The predicted molar refractivity (Wildman–Crippen MR) is 146 cm³/mol. The summed E-state index contributed by atoms with van der Waals surface area (Å²) in [6, 6.07) is 18.8. The van der Waals surface area contributed by atoms with Gasteiger partial charge >= 0.3 is 0 Å². The number of nitrogens with one attached hydrogen (secondary N) is 1. The number of carbonyl (C=O) groups excluding carboxylic acids is 2. The van der Waals surface area contributed by atoms with Gasteiger partial charge in [0.1, 0.15) is 6.54 Å². The number of para-hydroxylation sites is 1. The molecule has 1 fully saturated rings. The molecule has 0 radical (unpaired) electrons. The third-order valence-electron chi connectivity index (χ3n) is 6.82. The van der Waals surface area contributed by atoms with Crippen molar-refractivity contribution in [3.05, 3.63) is 89.0 Å². The predicted octanol–water partition coefficient (Wildman–Crippen LogP) is 5.07. The van der Waals surface area contributed by atoms with Crippen molar-refractivity contribution in [1.29, 1.82) is 0 Å². The van der Waals surface area contributed by atoms with Crippen molar-refractivity contribution in [2.24, 2.45) is 0 Å². The molecule has 0 aliphatic carbocycles. The second-order valence-corrected chi connectivity index (χ2v) is 11.4. The smallest absolute Gasteiger partial charge is 0.264 e. The maximum absolute atomic E-state index is 13.8. The summed E-state index contributed by atoms with van der Waals surface area (Å²) in [7, 11) is -4.04. The number of likely N-dealkylation sites (tertiary alicyclic amines) is 1. The van der Waals surface area contributed by atoms with Gasteiger partial charge in [-0.2, -0.15) is 0 Å². The van der Waals surface area contributed by atoms with Crippen LogP contribution >= 0.6 is 0 Å². The number of hydrogen-bond acceptors (Lipinski definition) is 4. The molecule has 0 saturated carbocycles. The quantitative estimate of drug-likeness (QED) is 0.472. The van der Waals surface area contributed by atoms with Crippen molar-refractivity contribution in [2.45, 2.75) is 44.9 Å². The minimum Gasteiger partial charge on any atom is -0.339 e. The van der Waals surface area contributed by atoms with Gasteiger partial charge in [0, 0.05) is 13.1 Å². The van der Waals surface area contributed by atoms with E-state index in [1.807, 2.05) is 26.8 Å². The number of nitrogens with zero attached hydrogens (tertiary/aromatic N) is 2. The lowest BCUT2D eigenvalue weighted by Gasteiger charge is -2.28. The van der Waals surface area contributed by atoms with E-state index >= 15 is 0 Å². The van der Waals surface area contributed by atoms with Crippen molar-refractivity contribution < 1.29 is 18.0 Å². The lowest BCUT2D eigenvalue weighted by Crippen LogP contribution is -2.39. The molecule has 3 aromatic rings. The Morgan fingerprint density at radius 2 is 1.54 bits per heavy atom. The monoisotopic (exact) mass is 519 g/mol. The fourth-order valence-electron chi connectivity index (χ4n) is 4.51. The molecule has 4 rings (SSSR count). The van der Waals surface area contributed by atoms with Crippen molar-refractivity contribution in [2.75, 3.05) is 29.3 Å². The molecule has 8 heteroatoms. The number of carbonyl (C=O) groups is 2. The van der Waals surface area contributed by atoms with Gasteiger partial charge in [-0.1, -0.05) is 42.0 Å². The van der Waals surface area contributed by atoms with Gasteiger partial charge in [-0.05, 0) is 81.5 Å². The summed E-state index contributed by atoms with van der Waals surface area (Å²) < 4.78 is 28.7. The van der Waals surface area contributed by atoms with Crippen molar-refractivity contribution in [3.63, 3.8) is 0 Å². The molecule has 7 nitrogen and oxygen atoms in total. The SMILES string of the molecule is Cc1ccc(S(=O)(=O)N(CC(=O)Nc2ccccc2C(=O)N2CCCCC2)c2cccc(C)c2C)cc1. The molecule has 3 aromatic carbocycles. The highest BCUT2D eigenvalue weighted by Gasteiger charge is 2.29. The number of benzene rings is 3. The Labute approximate surface area is 219 Å². The fraction of sp³-hybridized carbons (Fsp3) is 0.310. The number of piperidine rings is 1. The second kappa shape index (κ2) is 11.2. The van der Waals surface area contributed by atoms with Crippen LogP contribution in [0, 0.1) is 20.8 Å². The number of aryl methyl sites for hydroxylation is 2. The molecule has 1 aliphatic heterocycles. The van der Waals surface area contributed by atoms with Gasteiger partial charge in [0.2, 0.25) is 5.91 Å². The molecule has 1 N–H and O–H groups in total. The largest absolute Gasteiger partial charge is 0.339 e. The normalized spacial score (nSPS) is 13.8. The molecule has 2 amide bonds. The molecular weight excluding hydrogens is 486 g/mol. The van der Waals surface area contributed by atoms with Gasteiger partial charge in [-0.3, -0.25) is 13.9 Å². The average molecular weight is 520 g/mol. The molecule has 194 valence electrons. The van der Waals surface area contributed by atoms with E-state index in [9.17, 15) is 18.0 Å². The minimum absolute atomic E-state index is 0.104. The minimum atomic E-state index is -4.04. The van der Waals surface area contributed by atoms with Crippen molar-refractivity contribution in [3.8, 4) is 0 Å². The topological polar surface area (TPSA) is 86.8 Å². The molecule has 0 bridgehead atoms. The van der Waals surface area contributed by atoms with Gasteiger partial charge < -0.3 is 10.2 Å². The highest BCUT2D eigenvalue weighted by atomic mass is 32.2. The molecule has 0 unspecified atom stereocenters. The third-order valence-corrected chi connectivity index (χ3v) is 8.59. The zero-order valence-corrected chi connectivity index (χ0v) is 22.3.